The Kier molecular flexibility index (Phi) is 3.28. The number of aliphatic hydroxyl groups excluding tert-OH is 1. The number of hydrazone groups is 1. The molecule has 1 aliphatic heterocycles. The lowest BCUT2D eigenvalue weighted by atomic mass is 9.96. The quantitative estimate of drug-likeness (QED) is 0.696. The van der Waals surface area contributed by atoms with Crippen LogP contribution in [0.5, 0.6) is 5.75 Å². The van der Waals surface area contributed by atoms with Gasteiger partial charge in [-0.25, -0.2) is 0 Å². The number of aromatic nitrogens is 1. The summed E-state index contributed by atoms with van der Waals surface area (Å²) in [5.74, 6) is 0.791. The zero-order chi connectivity index (χ0) is 15.8. The molecule has 5 nitrogen and oxygen atoms in total. The molecule has 116 valence electrons. The van der Waals surface area contributed by atoms with E-state index < -0.39 is 6.10 Å². The van der Waals surface area contributed by atoms with Gasteiger partial charge in [0, 0.05) is 22.7 Å². The van der Waals surface area contributed by atoms with Gasteiger partial charge in [-0.2, -0.15) is 5.10 Å². The van der Waals surface area contributed by atoms with Gasteiger partial charge in [0.1, 0.15) is 23.6 Å². The number of para-hydroxylation sites is 1. The SMILES string of the molecule is COc1ccc(C2NN=C(c3c[nH]c4ccccc34)C2O)cc1. The molecule has 0 bridgehead atoms. The fraction of sp³-hybridized carbons (Fsp3) is 0.167. The van der Waals surface area contributed by atoms with Crippen LogP contribution in [0.4, 0.5) is 0 Å². The van der Waals surface area contributed by atoms with Gasteiger partial charge in [-0.15, -0.1) is 0 Å². The van der Waals surface area contributed by atoms with E-state index in [4.69, 9.17) is 4.74 Å². The molecule has 4 rings (SSSR count). The number of hydrogen-bond acceptors (Lipinski definition) is 4. The molecule has 5 heteroatoms. The zero-order valence-electron chi connectivity index (χ0n) is 12.7. The first-order chi connectivity index (χ1) is 11.3. The Morgan fingerprint density at radius 3 is 2.65 bits per heavy atom. The standard InChI is InChI=1S/C18H17N3O2/c1-23-12-8-6-11(7-9-12)16-18(22)17(21-20-16)14-10-19-15-5-3-2-4-13(14)15/h2-10,16,18-20,22H,1H3. The third-order valence-electron chi connectivity index (χ3n) is 4.26. The summed E-state index contributed by atoms with van der Waals surface area (Å²) in [7, 11) is 1.63. The summed E-state index contributed by atoms with van der Waals surface area (Å²) < 4.78 is 5.17. The van der Waals surface area contributed by atoms with E-state index in [1.54, 1.807) is 7.11 Å². The van der Waals surface area contributed by atoms with Crippen molar-refractivity contribution in [3.63, 3.8) is 0 Å². The smallest absolute Gasteiger partial charge is 0.124 e. The molecule has 0 amide bonds. The number of aromatic amines is 1. The van der Waals surface area contributed by atoms with Crippen LogP contribution in [0.15, 0.2) is 59.8 Å². The third-order valence-corrected chi connectivity index (χ3v) is 4.26. The van der Waals surface area contributed by atoms with Gasteiger partial charge in [-0.3, -0.25) is 5.43 Å². The van der Waals surface area contributed by atoms with Crippen molar-refractivity contribution in [3.05, 3.63) is 65.9 Å². The number of rotatable bonds is 3. The summed E-state index contributed by atoms with van der Waals surface area (Å²) in [6.07, 6.45) is 1.19. The lowest BCUT2D eigenvalue weighted by Crippen LogP contribution is -2.27. The second kappa shape index (κ2) is 5.44. The number of hydrogen-bond donors (Lipinski definition) is 3. The van der Waals surface area contributed by atoms with Crippen molar-refractivity contribution in [2.24, 2.45) is 5.10 Å². The van der Waals surface area contributed by atoms with Gasteiger partial charge < -0.3 is 14.8 Å². The minimum absolute atomic E-state index is 0.260. The van der Waals surface area contributed by atoms with Gasteiger partial charge in [-0.05, 0) is 23.8 Å². The summed E-state index contributed by atoms with van der Waals surface area (Å²) in [4.78, 5) is 3.22. The van der Waals surface area contributed by atoms with Gasteiger partial charge >= 0.3 is 0 Å². The van der Waals surface area contributed by atoms with Crippen molar-refractivity contribution >= 4 is 16.6 Å². The molecule has 0 aliphatic carbocycles. The molecule has 0 fully saturated rings. The first-order valence-corrected chi connectivity index (χ1v) is 7.49. The van der Waals surface area contributed by atoms with E-state index in [1.807, 2.05) is 54.7 Å². The van der Waals surface area contributed by atoms with E-state index in [-0.39, 0.29) is 6.04 Å². The molecule has 0 saturated carbocycles. The molecule has 0 radical (unpaired) electrons. The monoisotopic (exact) mass is 307 g/mol. The highest BCUT2D eigenvalue weighted by atomic mass is 16.5. The van der Waals surface area contributed by atoms with Crippen LogP contribution in [0, 0.1) is 0 Å². The number of H-pyrrole nitrogens is 1. The van der Waals surface area contributed by atoms with Crippen LogP contribution >= 0.6 is 0 Å². The Labute approximate surface area is 133 Å². The van der Waals surface area contributed by atoms with Crippen molar-refractivity contribution in [3.8, 4) is 5.75 Å². The lowest BCUT2D eigenvalue weighted by Gasteiger charge is -2.16. The van der Waals surface area contributed by atoms with Crippen LogP contribution in [0.3, 0.4) is 0 Å². The lowest BCUT2D eigenvalue weighted by molar-refractivity contribution is 0.207. The fourth-order valence-electron chi connectivity index (χ4n) is 3.00. The number of nitrogens with one attached hydrogen (secondary N) is 2. The van der Waals surface area contributed by atoms with Gasteiger partial charge in [-0.1, -0.05) is 30.3 Å². The molecule has 3 aromatic rings. The predicted octanol–water partition coefficient (Wildman–Crippen LogP) is 2.59. The molecule has 0 saturated heterocycles. The van der Waals surface area contributed by atoms with Gasteiger partial charge in [0.2, 0.25) is 0 Å². The number of fused-ring (bicyclic) bond motifs is 1. The van der Waals surface area contributed by atoms with E-state index in [0.29, 0.717) is 5.71 Å². The topological polar surface area (TPSA) is 69.6 Å². The van der Waals surface area contributed by atoms with E-state index in [2.05, 4.69) is 15.5 Å². The number of benzene rings is 2. The Balaban J connectivity index is 1.65. The Bertz CT molecular complexity index is 867. The maximum atomic E-state index is 10.7. The van der Waals surface area contributed by atoms with Crippen molar-refractivity contribution < 1.29 is 9.84 Å². The van der Waals surface area contributed by atoms with E-state index in [9.17, 15) is 5.11 Å². The molecule has 1 aromatic heterocycles. The van der Waals surface area contributed by atoms with Crippen molar-refractivity contribution in [2.45, 2.75) is 12.1 Å². The average Bonchev–Trinajstić information content (AvgIpc) is 3.18. The Morgan fingerprint density at radius 2 is 1.87 bits per heavy atom. The molecule has 2 aromatic carbocycles. The Hall–Kier alpha value is -2.79. The molecule has 3 N–H and O–H groups in total. The molecule has 23 heavy (non-hydrogen) atoms. The van der Waals surface area contributed by atoms with Gasteiger partial charge in [0.05, 0.1) is 7.11 Å². The van der Waals surface area contributed by atoms with Crippen molar-refractivity contribution in [1.82, 2.24) is 10.4 Å². The summed E-state index contributed by atoms with van der Waals surface area (Å²) >= 11 is 0. The number of ether oxygens (including phenoxy) is 1. The summed E-state index contributed by atoms with van der Waals surface area (Å²) in [6, 6.07) is 15.4. The molecule has 0 spiro atoms. The minimum Gasteiger partial charge on any atom is -0.497 e. The van der Waals surface area contributed by atoms with E-state index >= 15 is 0 Å². The number of aliphatic hydroxyl groups is 1. The third kappa shape index (κ3) is 2.26. The first-order valence-electron chi connectivity index (χ1n) is 7.49. The van der Waals surface area contributed by atoms with E-state index in [1.165, 1.54) is 0 Å². The highest BCUT2D eigenvalue weighted by Gasteiger charge is 2.33. The summed E-state index contributed by atoms with van der Waals surface area (Å²) in [5, 5.41) is 16.2. The van der Waals surface area contributed by atoms with Crippen LogP contribution < -0.4 is 10.2 Å². The van der Waals surface area contributed by atoms with Crippen LogP contribution in [-0.4, -0.2) is 29.0 Å². The fourth-order valence-corrected chi connectivity index (χ4v) is 3.00. The van der Waals surface area contributed by atoms with Crippen LogP contribution in [-0.2, 0) is 0 Å². The number of nitrogens with zero attached hydrogens (tertiary/aromatic N) is 1. The van der Waals surface area contributed by atoms with Crippen LogP contribution in [0.25, 0.3) is 10.9 Å². The molecular weight excluding hydrogens is 290 g/mol. The molecule has 2 atom stereocenters. The van der Waals surface area contributed by atoms with Gasteiger partial charge in [0.25, 0.3) is 0 Å². The highest BCUT2D eigenvalue weighted by molar-refractivity contribution is 6.13. The highest BCUT2D eigenvalue weighted by Crippen LogP contribution is 2.29. The van der Waals surface area contributed by atoms with Gasteiger partial charge in [0.15, 0.2) is 0 Å². The maximum absolute atomic E-state index is 10.7. The summed E-state index contributed by atoms with van der Waals surface area (Å²) in [6.45, 7) is 0. The van der Waals surface area contributed by atoms with Crippen LogP contribution in [0.2, 0.25) is 0 Å². The second-order valence-electron chi connectivity index (χ2n) is 5.57. The normalized spacial score (nSPS) is 20.3. The minimum atomic E-state index is -0.706. The number of methoxy groups -OCH3 is 1. The van der Waals surface area contributed by atoms with Crippen LogP contribution in [0.1, 0.15) is 17.2 Å². The summed E-state index contributed by atoms with van der Waals surface area (Å²) in [5.41, 5.74) is 6.63. The Morgan fingerprint density at radius 1 is 1.09 bits per heavy atom. The molecular formula is C18H17N3O2. The van der Waals surface area contributed by atoms with Crippen molar-refractivity contribution in [1.29, 1.82) is 0 Å². The molecule has 2 heterocycles. The molecule has 1 aliphatic rings. The first kappa shape index (κ1) is 13.8. The largest absolute Gasteiger partial charge is 0.497 e. The molecule has 2 unspecified atom stereocenters. The second-order valence-corrected chi connectivity index (χ2v) is 5.57. The van der Waals surface area contributed by atoms with E-state index in [0.717, 1.165) is 27.8 Å². The predicted molar refractivity (Wildman–Crippen MR) is 89.7 cm³/mol. The van der Waals surface area contributed by atoms with Crippen molar-refractivity contribution in [2.75, 3.05) is 7.11 Å². The zero-order valence-corrected chi connectivity index (χ0v) is 12.7. The maximum Gasteiger partial charge on any atom is 0.124 e. The average molecular weight is 307 g/mol.